The van der Waals surface area contributed by atoms with Crippen LogP contribution in [0.5, 0.6) is 0 Å². The Balaban J connectivity index is 1.92. The molecule has 7 nitrogen and oxygen atoms in total. The number of amides is 1. The molecule has 0 unspecified atom stereocenters. The summed E-state index contributed by atoms with van der Waals surface area (Å²) in [7, 11) is 0. The van der Waals surface area contributed by atoms with Crippen molar-refractivity contribution in [3.8, 4) is 0 Å². The van der Waals surface area contributed by atoms with Gasteiger partial charge in [0, 0.05) is 23.6 Å². The Bertz CT molecular complexity index is 948. The Morgan fingerprint density at radius 3 is 2.62 bits per heavy atom. The van der Waals surface area contributed by atoms with Crippen LogP contribution in [0.15, 0.2) is 40.1 Å². The van der Waals surface area contributed by atoms with E-state index in [2.05, 4.69) is 20.3 Å². The highest BCUT2D eigenvalue weighted by Crippen LogP contribution is 2.15. The van der Waals surface area contributed by atoms with E-state index in [1.54, 1.807) is 25.1 Å². The molecule has 0 radical (unpaired) electrons. The summed E-state index contributed by atoms with van der Waals surface area (Å²) in [6.45, 7) is 1.74. The van der Waals surface area contributed by atoms with Crippen LogP contribution < -0.4 is 16.4 Å². The van der Waals surface area contributed by atoms with Crippen molar-refractivity contribution < 1.29 is 4.79 Å². The molecule has 0 fully saturated rings. The molecule has 0 atom stereocenters. The second-order valence-corrected chi connectivity index (χ2v) is 4.69. The Morgan fingerprint density at radius 1 is 1.10 bits per heavy atom. The zero-order valence-electron chi connectivity index (χ0n) is 11.1. The van der Waals surface area contributed by atoms with Gasteiger partial charge in [0.25, 0.3) is 5.91 Å². The molecule has 3 rings (SSSR count). The zero-order chi connectivity index (χ0) is 15.0. The molecule has 0 saturated heterocycles. The van der Waals surface area contributed by atoms with Crippen molar-refractivity contribution in [3.05, 3.63) is 62.4 Å². The molecule has 0 bridgehead atoms. The minimum absolute atomic E-state index is 0.0308. The topological polar surface area (TPSA) is 111 Å². The van der Waals surface area contributed by atoms with Gasteiger partial charge in [0.15, 0.2) is 5.43 Å². The predicted octanol–water partition coefficient (Wildman–Crippen LogP) is 1.11. The van der Waals surface area contributed by atoms with Gasteiger partial charge in [0.2, 0.25) is 0 Å². The van der Waals surface area contributed by atoms with Gasteiger partial charge in [-0.05, 0) is 25.1 Å². The molecule has 3 aromatic rings. The molecule has 4 N–H and O–H groups in total. The number of aromatic nitrogens is 3. The highest BCUT2D eigenvalue weighted by atomic mass is 16.2. The summed E-state index contributed by atoms with van der Waals surface area (Å²) in [5.74, 6) is -0.506. The molecule has 0 aliphatic rings. The van der Waals surface area contributed by atoms with Crippen molar-refractivity contribution >= 4 is 22.6 Å². The number of carbonyl (C=O) groups excluding carboxylic acids is 1. The van der Waals surface area contributed by atoms with Gasteiger partial charge in [-0.1, -0.05) is 0 Å². The lowest BCUT2D eigenvalue weighted by atomic mass is 10.2. The summed E-state index contributed by atoms with van der Waals surface area (Å²) >= 11 is 0. The van der Waals surface area contributed by atoms with Crippen molar-refractivity contribution in [1.82, 2.24) is 15.0 Å². The third kappa shape index (κ3) is 2.48. The SMILES string of the molecule is Cc1cc(=O)c(C(=O)Nc2ccc3[nH]c(=O)[nH]c3c2)c[nH]1. The van der Waals surface area contributed by atoms with Crippen LogP contribution in [-0.2, 0) is 0 Å². The minimum atomic E-state index is -0.506. The first-order valence-corrected chi connectivity index (χ1v) is 6.26. The highest BCUT2D eigenvalue weighted by Gasteiger charge is 2.11. The van der Waals surface area contributed by atoms with E-state index in [1.165, 1.54) is 12.3 Å². The number of hydrogen-bond donors (Lipinski definition) is 4. The van der Waals surface area contributed by atoms with Gasteiger partial charge in [-0.3, -0.25) is 9.59 Å². The van der Waals surface area contributed by atoms with Crippen molar-refractivity contribution in [2.45, 2.75) is 6.92 Å². The first-order chi connectivity index (χ1) is 10.0. The van der Waals surface area contributed by atoms with Gasteiger partial charge in [-0.2, -0.15) is 0 Å². The highest BCUT2D eigenvalue weighted by molar-refractivity contribution is 6.04. The third-order valence-electron chi connectivity index (χ3n) is 3.08. The van der Waals surface area contributed by atoms with Crippen LogP contribution in [0, 0.1) is 6.92 Å². The number of anilines is 1. The van der Waals surface area contributed by atoms with E-state index in [4.69, 9.17) is 0 Å². The Labute approximate surface area is 118 Å². The maximum absolute atomic E-state index is 12.1. The fourth-order valence-electron chi connectivity index (χ4n) is 2.06. The van der Waals surface area contributed by atoms with Gasteiger partial charge >= 0.3 is 5.69 Å². The van der Waals surface area contributed by atoms with Crippen molar-refractivity contribution in [1.29, 1.82) is 0 Å². The van der Waals surface area contributed by atoms with E-state index in [0.29, 0.717) is 22.4 Å². The van der Waals surface area contributed by atoms with E-state index < -0.39 is 5.91 Å². The van der Waals surface area contributed by atoms with Crippen molar-refractivity contribution in [2.24, 2.45) is 0 Å². The van der Waals surface area contributed by atoms with E-state index in [1.807, 2.05) is 0 Å². The molecule has 2 aromatic heterocycles. The number of H-pyrrole nitrogens is 3. The van der Waals surface area contributed by atoms with Crippen LogP contribution in [0.2, 0.25) is 0 Å². The Morgan fingerprint density at radius 2 is 1.86 bits per heavy atom. The van der Waals surface area contributed by atoms with Crippen molar-refractivity contribution in [3.63, 3.8) is 0 Å². The lowest BCUT2D eigenvalue weighted by molar-refractivity contribution is 0.102. The molecule has 0 saturated carbocycles. The zero-order valence-corrected chi connectivity index (χ0v) is 11.1. The molecule has 1 amide bonds. The quantitative estimate of drug-likeness (QED) is 0.565. The molecular formula is C14H12N4O3. The monoisotopic (exact) mass is 284 g/mol. The van der Waals surface area contributed by atoms with E-state index in [0.717, 1.165) is 0 Å². The fraction of sp³-hybridized carbons (Fsp3) is 0.0714. The van der Waals surface area contributed by atoms with Gasteiger partial charge in [-0.25, -0.2) is 4.79 Å². The van der Waals surface area contributed by atoms with Gasteiger partial charge in [-0.15, -0.1) is 0 Å². The van der Waals surface area contributed by atoms with Crippen LogP contribution in [0.4, 0.5) is 5.69 Å². The number of benzene rings is 1. The van der Waals surface area contributed by atoms with E-state index in [-0.39, 0.29) is 16.7 Å². The van der Waals surface area contributed by atoms with Gasteiger partial charge in [0.1, 0.15) is 5.56 Å². The molecule has 0 aliphatic heterocycles. The smallest absolute Gasteiger partial charge is 0.323 e. The first kappa shape index (κ1) is 12.9. The molecule has 0 aliphatic carbocycles. The standard InChI is InChI=1S/C14H12N4O3/c1-7-4-12(19)9(6-15-7)13(20)16-8-2-3-10-11(5-8)18-14(21)17-10/h2-6H,1H3,(H,15,19)(H,16,20)(H2,17,18,21). The van der Waals surface area contributed by atoms with Crippen LogP contribution in [0.1, 0.15) is 16.1 Å². The minimum Gasteiger partial charge on any atom is -0.364 e. The number of hydrogen-bond acceptors (Lipinski definition) is 3. The predicted molar refractivity (Wildman–Crippen MR) is 78.7 cm³/mol. The van der Waals surface area contributed by atoms with Crippen LogP contribution in [-0.4, -0.2) is 20.9 Å². The van der Waals surface area contributed by atoms with E-state index >= 15 is 0 Å². The molecule has 0 spiro atoms. The molecule has 1 aromatic carbocycles. The number of imidazole rings is 1. The number of fused-ring (bicyclic) bond motifs is 1. The summed E-state index contributed by atoms with van der Waals surface area (Å²) in [6, 6.07) is 6.30. The summed E-state index contributed by atoms with van der Waals surface area (Å²) < 4.78 is 0. The Hall–Kier alpha value is -3.09. The number of pyridine rings is 1. The third-order valence-corrected chi connectivity index (χ3v) is 3.08. The summed E-state index contributed by atoms with van der Waals surface area (Å²) in [5, 5.41) is 2.63. The molecule has 21 heavy (non-hydrogen) atoms. The van der Waals surface area contributed by atoms with Crippen LogP contribution in [0.3, 0.4) is 0 Å². The normalized spacial score (nSPS) is 10.7. The average Bonchev–Trinajstić information content (AvgIpc) is 2.77. The number of rotatable bonds is 2. The summed E-state index contributed by atoms with van der Waals surface area (Å²) in [5.41, 5.74) is 1.76. The second-order valence-electron chi connectivity index (χ2n) is 4.69. The Kier molecular flexibility index (Phi) is 2.94. The first-order valence-electron chi connectivity index (χ1n) is 6.26. The van der Waals surface area contributed by atoms with Gasteiger partial charge in [0.05, 0.1) is 11.0 Å². The maximum atomic E-state index is 12.1. The largest absolute Gasteiger partial charge is 0.364 e. The number of aryl methyl sites for hydroxylation is 1. The molecule has 2 heterocycles. The van der Waals surface area contributed by atoms with Crippen LogP contribution >= 0.6 is 0 Å². The van der Waals surface area contributed by atoms with E-state index in [9.17, 15) is 14.4 Å². The van der Waals surface area contributed by atoms with Gasteiger partial charge < -0.3 is 20.3 Å². The summed E-state index contributed by atoms with van der Waals surface area (Å²) in [4.78, 5) is 43.0. The number of nitrogens with one attached hydrogen (secondary N) is 4. The number of carbonyl (C=O) groups is 1. The maximum Gasteiger partial charge on any atom is 0.323 e. The lowest BCUT2D eigenvalue weighted by Crippen LogP contribution is -2.21. The molecular weight excluding hydrogens is 272 g/mol. The van der Waals surface area contributed by atoms with Crippen LogP contribution in [0.25, 0.3) is 11.0 Å². The fourth-order valence-corrected chi connectivity index (χ4v) is 2.06. The second kappa shape index (κ2) is 4.78. The lowest BCUT2D eigenvalue weighted by Gasteiger charge is -2.05. The van der Waals surface area contributed by atoms with Crippen molar-refractivity contribution in [2.75, 3.05) is 5.32 Å². The average molecular weight is 284 g/mol. The number of aromatic amines is 3. The molecule has 106 valence electrons. The molecule has 7 heteroatoms. The summed E-state index contributed by atoms with van der Waals surface area (Å²) in [6.07, 6.45) is 1.38.